The third-order valence-electron chi connectivity index (χ3n) is 6.13. The second-order valence-corrected chi connectivity index (χ2v) is 10.2. The van der Waals surface area contributed by atoms with Crippen molar-refractivity contribution in [1.82, 2.24) is 29.8 Å². The Kier molecular flexibility index (Phi) is 8.27. The van der Waals surface area contributed by atoms with Crippen molar-refractivity contribution in [2.75, 3.05) is 31.6 Å². The highest BCUT2D eigenvalue weighted by atomic mass is 32.1. The molecule has 5 rings (SSSR count). The molecule has 38 heavy (non-hydrogen) atoms. The van der Waals surface area contributed by atoms with Crippen molar-refractivity contribution in [3.63, 3.8) is 0 Å². The van der Waals surface area contributed by atoms with E-state index < -0.39 is 0 Å². The molecule has 1 atom stereocenters. The molecule has 5 heterocycles. The molecule has 0 amide bonds. The Bertz CT molecular complexity index is 1390. The topological polar surface area (TPSA) is 132 Å². The fraction of sp³-hybridized carbons (Fsp3) is 0.333. The van der Waals surface area contributed by atoms with Crippen LogP contribution < -0.4 is 11.1 Å². The van der Waals surface area contributed by atoms with Gasteiger partial charge in [0, 0.05) is 43.6 Å². The van der Waals surface area contributed by atoms with E-state index in [4.69, 9.17) is 10.5 Å². The number of nitrogens with two attached hydrogens (primary N) is 1. The van der Waals surface area contributed by atoms with Crippen LogP contribution >= 0.6 is 11.3 Å². The zero-order valence-corrected chi connectivity index (χ0v) is 22.0. The van der Waals surface area contributed by atoms with Gasteiger partial charge < -0.3 is 15.8 Å². The predicted octanol–water partition coefficient (Wildman–Crippen LogP) is 3.61. The van der Waals surface area contributed by atoms with Crippen LogP contribution in [0, 0.1) is 6.92 Å². The Morgan fingerprint density at radius 3 is 2.84 bits per heavy atom. The molecule has 196 valence electrons. The van der Waals surface area contributed by atoms with Crippen LogP contribution in [0.25, 0.3) is 11.5 Å². The molecule has 10 nitrogen and oxygen atoms in total. The first-order valence-corrected chi connectivity index (χ1v) is 13.5. The highest BCUT2D eigenvalue weighted by Gasteiger charge is 2.17. The quantitative estimate of drug-likeness (QED) is 0.309. The number of esters is 1. The Hall–Kier alpha value is -3.80. The Labute approximate surface area is 225 Å². The van der Waals surface area contributed by atoms with Crippen LogP contribution in [0.2, 0.25) is 0 Å². The van der Waals surface area contributed by atoms with Gasteiger partial charge >= 0.3 is 5.97 Å². The van der Waals surface area contributed by atoms with E-state index in [0.29, 0.717) is 53.4 Å². The van der Waals surface area contributed by atoms with Crippen LogP contribution in [0.5, 0.6) is 0 Å². The van der Waals surface area contributed by atoms with Crippen molar-refractivity contribution in [2.24, 2.45) is 5.73 Å². The van der Waals surface area contributed by atoms with Gasteiger partial charge in [-0.15, -0.1) is 11.3 Å². The third-order valence-corrected chi connectivity index (χ3v) is 7.09. The number of ether oxygens (including phenoxy) is 1. The average Bonchev–Trinajstić information content (AvgIpc) is 3.38. The molecular formula is C27H30N8O2S. The summed E-state index contributed by atoms with van der Waals surface area (Å²) in [6, 6.07) is 11.4. The van der Waals surface area contributed by atoms with Crippen LogP contribution in [-0.4, -0.2) is 68.1 Å². The van der Waals surface area contributed by atoms with Crippen LogP contribution in [0.3, 0.4) is 0 Å². The van der Waals surface area contributed by atoms with E-state index in [1.54, 1.807) is 24.5 Å². The van der Waals surface area contributed by atoms with Gasteiger partial charge in [-0.1, -0.05) is 6.07 Å². The van der Waals surface area contributed by atoms with Crippen LogP contribution in [-0.2, 0) is 11.2 Å². The van der Waals surface area contributed by atoms with Gasteiger partial charge in [-0.3, -0.25) is 4.90 Å². The predicted molar refractivity (Wildman–Crippen MR) is 146 cm³/mol. The van der Waals surface area contributed by atoms with Gasteiger partial charge in [0.15, 0.2) is 5.82 Å². The number of piperidine rings is 1. The van der Waals surface area contributed by atoms with Crippen molar-refractivity contribution < 1.29 is 9.53 Å². The van der Waals surface area contributed by atoms with Gasteiger partial charge in [0.05, 0.1) is 0 Å². The second-order valence-electron chi connectivity index (χ2n) is 9.25. The van der Waals surface area contributed by atoms with Gasteiger partial charge in [0.2, 0.25) is 0 Å². The normalized spacial score (nSPS) is 15.8. The number of thiophene rings is 1. The third kappa shape index (κ3) is 6.94. The highest BCUT2D eigenvalue weighted by Crippen LogP contribution is 2.20. The number of nitrogens with zero attached hydrogens (tertiary/aromatic N) is 6. The molecule has 11 heteroatoms. The second kappa shape index (κ2) is 12.2. The summed E-state index contributed by atoms with van der Waals surface area (Å²) in [6.45, 7) is 4.86. The van der Waals surface area contributed by atoms with E-state index >= 15 is 0 Å². The highest BCUT2D eigenvalue weighted by molar-refractivity contribution is 7.12. The fourth-order valence-corrected chi connectivity index (χ4v) is 5.10. The molecule has 4 aromatic heterocycles. The summed E-state index contributed by atoms with van der Waals surface area (Å²) in [7, 11) is 0. The molecule has 0 bridgehead atoms. The maximum atomic E-state index is 12.5. The van der Waals surface area contributed by atoms with E-state index in [1.807, 2.05) is 36.6 Å². The lowest BCUT2D eigenvalue weighted by Gasteiger charge is -2.30. The summed E-state index contributed by atoms with van der Waals surface area (Å²) in [5, 5.41) is 5.16. The molecule has 0 unspecified atom stereocenters. The summed E-state index contributed by atoms with van der Waals surface area (Å²) in [5.74, 6) is 2.08. The van der Waals surface area contributed by atoms with Crippen molar-refractivity contribution in [3.05, 3.63) is 76.1 Å². The van der Waals surface area contributed by atoms with Crippen molar-refractivity contribution in [1.29, 1.82) is 0 Å². The molecule has 0 spiro atoms. The Morgan fingerprint density at radius 1 is 1.16 bits per heavy atom. The lowest BCUT2D eigenvalue weighted by atomic mass is 10.1. The Morgan fingerprint density at radius 2 is 2.00 bits per heavy atom. The van der Waals surface area contributed by atoms with Gasteiger partial charge in [-0.25, -0.2) is 29.7 Å². The molecule has 0 aliphatic carbocycles. The Balaban J connectivity index is 1.17. The van der Waals surface area contributed by atoms with Gasteiger partial charge in [-0.05, 0) is 67.6 Å². The maximum Gasteiger partial charge on any atom is 0.348 e. The summed E-state index contributed by atoms with van der Waals surface area (Å²) < 4.78 is 5.49. The number of hydrogen-bond acceptors (Lipinski definition) is 11. The monoisotopic (exact) mass is 530 g/mol. The molecule has 3 N–H and O–H groups in total. The SMILES string of the molecule is Cc1cccc(-c2nccc(Nc3ccnc(Cc4csc(C(=O)OCCN5CCC[C@H](N)C5)c4)n3)n2)n1. The van der Waals surface area contributed by atoms with Gasteiger partial charge in [-0.2, -0.15) is 0 Å². The zero-order valence-electron chi connectivity index (χ0n) is 21.2. The summed E-state index contributed by atoms with van der Waals surface area (Å²) in [6.07, 6.45) is 6.03. The number of pyridine rings is 1. The first-order chi connectivity index (χ1) is 18.5. The van der Waals surface area contributed by atoms with Gasteiger partial charge in [0.1, 0.15) is 34.6 Å². The van der Waals surface area contributed by atoms with E-state index in [2.05, 4.69) is 35.1 Å². The average molecular weight is 531 g/mol. The summed E-state index contributed by atoms with van der Waals surface area (Å²) >= 11 is 1.37. The number of anilines is 2. The number of aryl methyl sites for hydroxylation is 1. The first-order valence-electron chi connectivity index (χ1n) is 12.6. The molecule has 0 aromatic carbocycles. The molecule has 0 radical (unpaired) electrons. The van der Waals surface area contributed by atoms with Crippen molar-refractivity contribution >= 4 is 28.9 Å². The number of carbonyl (C=O) groups excluding carboxylic acids is 1. The largest absolute Gasteiger partial charge is 0.460 e. The van der Waals surface area contributed by atoms with Crippen LogP contribution in [0.15, 0.2) is 54.2 Å². The number of nitrogens with one attached hydrogen (secondary N) is 1. The molecular weight excluding hydrogens is 500 g/mol. The van der Waals surface area contributed by atoms with Crippen LogP contribution in [0.4, 0.5) is 11.6 Å². The number of hydrogen-bond donors (Lipinski definition) is 2. The first kappa shape index (κ1) is 25.8. The zero-order chi connectivity index (χ0) is 26.3. The number of carbonyl (C=O) groups is 1. The minimum Gasteiger partial charge on any atom is -0.460 e. The van der Waals surface area contributed by atoms with Crippen molar-refractivity contribution in [3.8, 4) is 11.5 Å². The smallest absolute Gasteiger partial charge is 0.348 e. The summed E-state index contributed by atoms with van der Waals surface area (Å²) in [5.41, 5.74) is 8.59. The van der Waals surface area contributed by atoms with E-state index in [0.717, 1.165) is 37.2 Å². The molecule has 1 saturated heterocycles. The van der Waals surface area contributed by atoms with E-state index in [-0.39, 0.29) is 12.0 Å². The fourth-order valence-electron chi connectivity index (χ4n) is 4.30. The molecule has 1 aliphatic heterocycles. The molecule has 4 aromatic rings. The van der Waals surface area contributed by atoms with Gasteiger partial charge in [0.25, 0.3) is 0 Å². The molecule has 1 fully saturated rings. The lowest BCUT2D eigenvalue weighted by Crippen LogP contribution is -2.44. The van der Waals surface area contributed by atoms with Crippen molar-refractivity contribution in [2.45, 2.75) is 32.2 Å². The number of rotatable bonds is 9. The summed E-state index contributed by atoms with van der Waals surface area (Å²) in [4.78, 5) is 37.7. The van der Waals surface area contributed by atoms with Crippen LogP contribution in [0.1, 0.15) is 39.6 Å². The minimum absolute atomic E-state index is 0.213. The standard InChI is InChI=1S/C27H30N8O2S/c1-18-4-2-6-21(31-18)26-30-10-8-24(34-26)32-23-7-9-29-25(33-23)15-19-14-22(38-17-19)27(36)37-13-12-35-11-3-5-20(28)16-35/h2,4,6-10,14,17,20H,3,5,11-13,15-16,28H2,1H3,(H,29,30,32,33,34)/t20-/m0/s1. The number of aromatic nitrogens is 5. The lowest BCUT2D eigenvalue weighted by molar-refractivity contribution is 0.0453. The van der Waals surface area contributed by atoms with E-state index in [9.17, 15) is 4.79 Å². The number of likely N-dealkylation sites (tertiary alicyclic amines) is 1. The van der Waals surface area contributed by atoms with E-state index in [1.165, 1.54) is 11.3 Å². The minimum atomic E-state index is -0.304. The molecule has 1 aliphatic rings. The maximum absolute atomic E-state index is 12.5. The molecule has 0 saturated carbocycles.